The lowest BCUT2D eigenvalue weighted by Gasteiger charge is -2.29. The maximum atomic E-state index is 12.6. The number of piperidine rings is 1. The lowest BCUT2D eigenvalue weighted by molar-refractivity contribution is -0.137. The van der Waals surface area contributed by atoms with Gasteiger partial charge in [-0.05, 0) is 23.6 Å². The summed E-state index contributed by atoms with van der Waals surface area (Å²) in [5.74, 6) is -0.0198. The van der Waals surface area contributed by atoms with Gasteiger partial charge in [0.15, 0.2) is 0 Å². The predicted octanol–water partition coefficient (Wildman–Crippen LogP) is -0.110. The van der Waals surface area contributed by atoms with Gasteiger partial charge in [0.1, 0.15) is 0 Å². The highest BCUT2D eigenvalue weighted by Crippen LogP contribution is 2.31. The molecule has 0 saturated carbocycles. The Morgan fingerprint density at radius 3 is 2.88 bits per heavy atom. The zero-order chi connectivity index (χ0) is 17.8. The highest BCUT2D eigenvalue weighted by atomic mass is 32.2. The molecule has 1 aromatic rings. The van der Waals surface area contributed by atoms with E-state index in [2.05, 4.69) is 10.2 Å². The normalized spacial score (nSPS) is 21.9. The molecule has 2 heterocycles. The van der Waals surface area contributed by atoms with E-state index in [1.807, 2.05) is 18.2 Å². The summed E-state index contributed by atoms with van der Waals surface area (Å²) in [4.78, 5) is 26.3. The van der Waals surface area contributed by atoms with E-state index in [4.69, 9.17) is 10.5 Å². The van der Waals surface area contributed by atoms with E-state index in [0.29, 0.717) is 51.4 Å². The van der Waals surface area contributed by atoms with Gasteiger partial charge in [0.25, 0.3) is 0 Å². The lowest BCUT2D eigenvalue weighted by atomic mass is 10.0. The largest absolute Gasteiger partial charge is 0.379 e. The molecule has 3 N–H and O–H groups in total. The SMILES string of the molecule is NCCOCCS(=O)c1cccc2c1CN(C1CCC(=O)NC1=O)C2. The Labute approximate surface area is 149 Å². The summed E-state index contributed by atoms with van der Waals surface area (Å²) in [7, 11) is -1.15. The highest BCUT2D eigenvalue weighted by Gasteiger charge is 2.35. The molecule has 0 spiro atoms. The van der Waals surface area contributed by atoms with E-state index in [1.165, 1.54) is 0 Å². The van der Waals surface area contributed by atoms with Crippen molar-refractivity contribution < 1.29 is 18.5 Å². The molecule has 0 radical (unpaired) electrons. The zero-order valence-corrected chi connectivity index (χ0v) is 14.8. The van der Waals surface area contributed by atoms with Crippen LogP contribution in [0.1, 0.15) is 24.0 Å². The lowest BCUT2D eigenvalue weighted by Crippen LogP contribution is -2.50. The molecule has 0 aliphatic carbocycles. The fraction of sp³-hybridized carbons (Fsp3) is 0.529. The molecule has 2 atom stereocenters. The molecular formula is C17H23N3O4S. The number of nitrogens with zero attached hydrogens (tertiary/aromatic N) is 1. The van der Waals surface area contributed by atoms with Crippen LogP contribution in [-0.2, 0) is 38.2 Å². The first-order valence-corrected chi connectivity index (χ1v) is 9.76. The fourth-order valence-corrected chi connectivity index (χ4v) is 4.50. The number of imide groups is 1. The van der Waals surface area contributed by atoms with Crippen LogP contribution >= 0.6 is 0 Å². The molecule has 3 rings (SSSR count). The number of fused-ring (bicyclic) bond motifs is 1. The van der Waals surface area contributed by atoms with Gasteiger partial charge in [-0.2, -0.15) is 0 Å². The number of amides is 2. The molecule has 1 saturated heterocycles. The smallest absolute Gasteiger partial charge is 0.243 e. The third-order valence-electron chi connectivity index (χ3n) is 4.54. The molecule has 25 heavy (non-hydrogen) atoms. The first-order valence-electron chi connectivity index (χ1n) is 8.45. The van der Waals surface area contributed by atoms with E-state index >= 15 is 0 Å². The van der Waals surface area contributed by atoms with E-state index in [1.54, 1.807) is 0 Å². The van der Waals surface area contributed by atoms with Crippen LogP contribution in [0, 0.1) is 0 Å². The molecule has 7 nitrogen and oxygen atoms in total. The first kappa shape index (κ1) is 18.2. The summed E-state index contributed by atoms with van der Waals surface area (Å²) in [6.07, 6.45) is 0.893. The average Bonchev–Trinajstić information content (AvgIpc) is 3.02. The summed E-state index contributed by atoms with van der Waals surface area (Å²) in [5.41, 5.74) is 7.50. The van der Waals surface area contributed by atoms with Gasteiger partial charge in [-0.25, -0.2) is 0 Å². The summed E-state index contributed by atoms with van der Waals surface area (Å²) in [6.45, 7) is 2.54. The third kappa shape index (κ3) is 4.14. The van der Waals surface area contributed by atoms with Crippen LogP contribution in [-0.4, -0.2) is 52.5 Å². The van der Waals surface area contributed by atoms with Crippen molar-refractivity contribution in [1.82, 2.24) is 10.2 Å². The Bertz CT molecular complexity index is 694. The number of hydrogen-bond acceptors (Lipinski definition) is 6. The number of hydrogen-bond donors (Lipinski definition) is 2. The second kappa shape index (κ2) is 8.18. The van der Waals surface area contributed by atoms with E-state index < -0.39 is 10.8 Å². The van der Waals surface area contributed by atoms with E-state index in [-0.39, 0.29) is 17.9 Å². The number of nitrogens with two attached hydrogens (primary N) is 1. The Kier molecular flexibility index (Phi) is 5.95. The predicted molar refractivity (Wildman–Crippen MR) is 93.0 cm³/mol. The van der Waals surface area contributed by atoms with Gasteiger partial charge in [0.05, 0.1) is 35.8 Å². The van der Waals surface area contributed by atoms with Gasteiger partial charge >= 0.3 is 0 Å². The standard InChI is InChI=1S/C17H23N3O4S/c18-6-7-24-8-9-25(23)15-3-1-2-12-10-20(11-13(12)15)14-4-5-16(21)19-17(14)22/h1-3,14H,4-11,18H2,(H,19,21,22). The monoisotopic (exact) mass is 365 g/mol. The van der Waals surface area contributed by atoms with Crippen LogP contribution in [0.3, 0.4) is 0 Å². The minimum atomic E-state index is -1.15. The van der Waals surface area contributed by atoms with Crippen LogP contribution < -0.4 is 11.1 Å². The second-order valence-electron chi connectivity index (χ2n) is 6.22. The van der Waals surface area contributed by atoms with Crippen LogP contribution in [0.15, 0.2) is 23.1 Å². The van der Waals surface area contributed by atoms with Crippen molar-refractivity contribution >= 4 is 22.6 Å². The zero-order valence-electron chi connectivity index (χ0n) is 14.0. The Balaban J connectivity index is 1.68. The molecule has 0 bridgehead atoms. The number of rotatable bonds is 7. The molecule has 8 heteroatoms. The molecule has 1 fully saturated rings. The summed E-state index contributed by atoms with van der Waals surface area (Å²) >= 11 is 0. The number of benzene rings is 1. The van der Waals surface area contributed by atoms with Crippen molar-refractivity contribution in [3.8, 4) is 0 Å². The summed E-state index contributed by atoms with van der Waals surface area (Å²) in [6, 6.07) is 5.48. The minimum absolute atomic E-state index is 0.211. The van der Waals surface area contributed by atoms with Gasteiger partial charge in [0, 0.05) is 31.0 Å². The van der Waals surface area contributed by atoms with Crippen LogP contribution in [0.2, 0.25) is 0 Å². The fourth-order valence-electron chi connectivity index (χ4n) is 3.31. The quantitative estimate of drug-likeness (QED) is 0.516. The number of ether oxygens (including phenoxy) is 1. The Morgan fingerprint density at radius 2 is 2.12 bits per heavy atom. The van der Waals surface area contributed by atoms with Gasteiger partial charge in [0.2, 0.25) is 11.8 Å². The third-order valence-corrected chi connectivity index (χ3v) is 5.95. The second-order valence-corrected chi connectivity index (χ2v) is 7.76. The molecule has 1 aromatic carbocycles. The van der Waals surface area contributed by atoms with Crippen LogP contribution in [0.5, 0.6) is 0 Å². The van der Waals surface area contributed by atoms with Crippen LogP contribution in [0.25, 0.3) is 0 Å². The van der Waals surface area contributed by atoms with E-state index in [9.17, 15) is 13.8 Å². The molecule has 2 amide bonds. The van der Waals surface area contributed by atoms with Crippen molar-refractivity contribution in [1.29, 1.82) is 0 Å². The molecule has 2 aliphatic heterocycles. The molecule has 2 aliphatic rings. The number of nitrogens with one attached hydrogen (secondary N) is 1. The Morgan fingerprint density at radius 1 is 1.28 bits per heavy atom. The first-order chi connectivity index (χ1) is 12.1. The average molecular weight is 365 g/mol. The maximum Gasteiger partial charge on any atom is 0.243 e. The summed E-state index contributed by atoms with van der Waals surface area (Å²) < 4.78 is 17.9. The molecule has 136 valence electrons. The Hall–Kier alpha value is -1.61. The van der Waals surface area contributed by atoms with Crippen molar-refractivity contribution in [3.63, 3.8) is 0 Å². The van der Waals surface area contributed by atoms with Gasteiger partial charge in [-0.3, -0.25) is 24.0 Å². The topological polar surface area (TPSA) is 102 Å². The van der Waals surface area contributed by atoms with Gasteiger partial charge in [-0.15, -0.1) is 0 Å². The minimum Gasteiger partial charge on any atom is -0.379 e. The van der Waals surface area contributed by atoms with E-state index in [0.717, 1.165) is 16.0 Å². The van der Waals surface area contributed by atoms with Crippen LogP contribution in [0.4, 0.5) is 0 Å². The number of carbonyl (C=O) groups excluding carboxylic acids is 2. The van der Waals surface area contributed by atoms with Crippen molar-refractivity contribution in [3.05, 3.63) is 29.3 Å². The van der Waals surface area contributed by atoms with Gasteiger partial charge in [-0.1, -0.05) is 12.1 Å². The van der Waals surface area contributed by atoms with Gasteiger partial charge < -0.3 is 10.5 Å². The number of carbonyl (C=O) groups is 2. The molecule has 2 unspecified atom stereocenters. The summed E-state index contributed by atoms with van der Waals surface area (Å²) in [5, 5.41) is 2.40. The maximum absolute atomic E-state index is 12.6. The molecule has 0 aromatic heterocycles. The highest BCUT2D eigenvalue weighted by molar-refractivity contribution is 7.85. The van der Waals surface area contributed by atoms with Crippen molar-refractivity contribution in [2.75, 3.05) is 25.5 Å². The van der Waals surface area contributed by atoms with Crippen molar-refractivity contribution in [2.45, 2.75) is 36.9 Å². The van der Waals surface area contributed by atoms with Crippen molar-refractivity contribution in [2.24, 2.45) is 5.73 Å². The molecular weight excluding hydrogens is 342 g/mol.